The molecule has 6 heteroatoms. The molecule has 2 unspecified atom stereocenters. The van der Waals surface area contributed by atoms with E-state index < -0.39 is 5.60 Å². The van der Waals surface area contributed by atoms with E-state index >= 15 is 0 Å². The average molecular weight is 421 g/mol. The third-order valence-electron chi connectivity index (χ3n) is 5.76. The van der Waals surface area contributed by atoms with Gasteiger partial charge in [-0.2, -0.15) is 0 Å². The van der Waals surface area contributed by atoms with Gasteiger partial charge in [0.2, 0.25) is 0 Å². The van der Waals surface area contributed by atoms with Gasteiger partial charge in [-0.15, -0.1) is 0 Å². The maximum absolute atomic E-state index is 13.3. The molecule has 1 aromatic rings. The van der Waals surface area contributed by atoms with Crippen molar-refractivity contribution in [3.63, 3.8) is 0 Å². The number of hydrogen-bond donors (Lipinski definition) is 1. The number of amides is 1. The lowest BCUT2D eigenvalue weighted by Crippen LogP contribution is -2.51. The van der Waals surface area contributed by atoms with Crippen molar-refractivity contribution in [1.29, 1.82) is 0 Å². The van der Waals surface area contributed by atoms with Crippen LogP contribution in [0.25, 0.3) is 0 Å². The molecule has 29 heavy (non-hydrogen) atoms. The fourth-order valence-electron chi connectivity index (χ4n) is 3.85. The fraction of sp³-hybridized carbons (Fsp3) is 0.609. The Hall–Kier alpha value is -1.37. The molecular formula is C23H33FN2O2S. The second-order valence-corrected chi connectivity index (χ2v) is 9.69. The summed E-state index contributed by atoms with van der Waals surface area (Å²) in [5.41, 5.74) is -0.846. The van der Waals surface area contributed by atoms with Crippen molar-refractivity contribution in [2.24, 2.45) is 5.92 Å². The molecule has 0 bridgehead atoms. The average Bonchev–Trinajstić information content (AvgIpc) is 2.70. The van der Waals surface area contributed by atoms with Crippen LogP contribution in [0.3, 0.4) is 0 Å². The molecule has 1 aromatic carbocycles. The van der Waals surface area contributed by atoms with E-state index in [1.165, 1.54) is 6.07 Å². The van der Waals surface area contributed by atoms with Crippen LogP contribution in [0.15, 0.2) is 41.3 Å². The van der Waals surface area contributed by atoms with Crippen LogP contribution in [-0.4, -0.2) is 41.0 Å². The van der Waals surface area contributed by atoms with Crippen LogP contribution >= 0.6 is 11.9 Å². The Morgan fingerprint density at radius 3 is 2.62 bits per heavy atom. The molecule has 3 rings (SSSR count). The smallest absolute Gasteiger partial charge is 0.251 e. The highest BCUT2D eigenvalue weighted by Crippen LogP contribution is 2.28. The molecule has 2 atom stereocenters. The first-order valence-corrected chi connectivity index (χ1v) is 11.5. The third kappa shape index (κ3) is 6.56. The minimum atomic E-state index is -0.846. The number of rotatable bonds is 7. The molecule has 4 nitrogen and oxygen atoms in total. The van der Waals surface area contributed by atoms with Crippen molar-refractivity contribution in [1.82, 2.24) is 9.62 Å². The maximum Gasteiger partial charge on any atom is 0.251 e. The third-order valence-corrected chi connectivity index (χ3v) is 6.84. The van der Waals surface area contributed by atoms with E-state index in [4.69, 9.17) is 4.74 Å². The summed E-state index contributed by atoms with van der Waals surface area (Å²) in [6.07, 6.45) is 9.38. The van der Waals surface area contributed by atoms with Gasteiger partial charge in [-0.25, -0.2) is 8.70 Å². The van der Waals surface area contributed by atoms with Crippen LogP contribution < -0.4 is 5.32 Å². The van der Waals surface area contributed by atoms with Crippen molar-refractivity contribution in [2.45, 2.75) is 75.5 Å². The van der Waals surface area contributed by atoms with Gasteiger partial charge in [-0.1, -0.05) is 25.1 Å². The summed E-state index contributed by atoms with van der Waals surface area (Å²) >= 11 is 1.58. The van der Waals surface area contributed by atoms with Crippen LogP contribution in [0, 0.1) is 11.7 Å². The zero-order valence-corrected chi connectivity index (χ0v) is 18.5. The number of carbonyl (C=O) groups excluding carboxylic acids is 1. The second kappa shape index (κ2) is 10.1. The molecule has 2 aliphatic rings. The number of nitrogens with zero attached hydrogens (tertiary/aromatic N) is 1. The van der Waals surface area contributed by atoms with Crippen LogP contribution in [0.2, 0.25) is 0 Å². The highest BCUT2D eigenvalue weighted by Gasteiger charge is 2.34. The molecule has 0 radical (unpaired) electrons. The molecule has 0 saturated carbocycles. The van der Waals surface area contributed by atoms with E-state index in [1.807, 2.05) is 19.9 Å². The molecule has 1 fully saturated rings. The standard InChI is InChI=1S/C23H33FN2O2S/c1-4-17-8-10-20(11-9-17)28-23(2,3)22(27)25-19-12-14-26(15-13-19)29-21-7-5-6-18(24)16-21/h5-8,10,16-17,19-20H,4,9,11-15H2,1-3H3,(H,25,27). The molecule has 1 heterocycles. The molecule has 1 aliphatic heterocycles. The predicted octanol–water partition coefficient (Wildman–Crippen LogP) is 4.95. The SMILES string of the molecule is CCC1C=CC(OC(C)(C)C(=O)NC2CCN(Sc3cccc(F)c3)CC2)CC1. The molecule has 0 spiro atoms. The van der Waals surface area contributed by atoms with E-state index in [1.54, 1.807) is 24.1 Å². The number of hydrogen-bond acceptors (Lipinski definition) is 4. The van der Waals surface area contributed by atoms with E-state index in [2.05, 4.69) is 28.7 Å². The summed E-state index contributed by atoms with van der Waals surface area (Å²) < 4.78 is 21.7. The first-order chi connectivity index (χ1) is 13.9. The summed E-state index contributed by atoms with van der Waals surface area (Å²) in [7, 11) is 0. The Morgan fingerprint density at radius 2 is 2.00 bits per heavy atom. The number of nitrogens with one attached hydrogen (secondary N) is 1. The largest absolute Gasteiger partial charge is 0.358 e. The summed E-state index contributed by atoms with van der Waals surface area (Å²) in [5, 5.41) is 3.18. The first kappa shape index (κ1) is 22.3. The molecular weight excluding hydrogens is 387 g/mol. The van der Waals surface area contributed by atoms with Gasteiger partial charge in [0.1, 0.15) is 11.4 Å². The van der Waals surface area contributed by atoms with Crippen LogP contribution in [0.1, 0.15) is 52.9 Å². The van der Waals surface area contributed by atoms with Gasteiger partial charge in [-0.05, 0) is 82.0 Å². The number of carbonyl (C=O) groups is 1. The van der Waals surface area contributed by atoms with Crippen molar-refractivity contribution >= 4 is 17.9 Å². The number of halogens is 1. The van der Waals surface area contributed by atoms with Gasteiger partial charge in [0.05, 0.1) is 6.10 Å². The number of allylic oxidation sites excluding steroid dienone is 1. The molecule has 0 aromatic heterocycles. The van der Waals surface area contributed by atoms with Crippen LogP contribution in [-0.2, 0) is 9.53 Å². The number of ether oxygens (including phenoxy) is 1. The van der Waals surface area contributed by atoms with Crippen molar-refractivity contribution in [2.75, 3.05) is 13.1 Å². The summed E-state index contributed by atoms with van der Waals surface area (Å²) in [6, 6.07) is 6.82. The van der Waals surface area contributed by atoms with Gasteiger partial charge in [0.25, 0.3) is 5.91 Å². The molecule has 1 saturated heterocycles. The first-order valence-electron chi connectivity index (χ1n) is 10.7. The van der Waals surface area contributed by atoms with E-state index in [-0.39, 0.29) is 23.9 Å². The maximum atomic E-state index is 13.3. The highest BCUT2D eigenvalue weighted by molar-refractivity contribution is 7.97. The predicted molar refractivity (Wildman–Crippen MR) is 116 cm³/mol. The van der Waals surface area contributed by atoms with Crippen LogP contribution in [0.5, 0.6) is 0 Å². The Balaban J connectivity index is 1.43. The minimum absolute atomic E-state index is 0.0167. The molecule has 160 valence electrons. The van der Waals surface area contributed by atoms with Gasteiger partial charge in [-0.3, -0.25) is 4.79 Å². The van der Waals surface area contributed by atoms with Gasteiger partial charge in [0.15, 0.2) is 0 Å². The molecule has 1 aliphatic carbocycles. The van der Waals surface area contributed by atoms with Crippen molar-refractivity contribution < 1.29 is 13.9 Å². The lowest BCUT2D eigenvalue weighted by molar-refractivity contribution is -0.148. The van der Waals surface area contributed by atoms with Gasteiger partial charge < -0.3 is 10.1 Å². The lowest BCUT2D eigenvalue weighted by atomic mass is 9.92. The fourth-order valence-corrected chi connectivity index (χ4v) is 4.84. The van der Waals surface area contributed by atoms with E-state index in [0.29, 0.717) is 5.92 Å². The normalized spacial score (nSPS) is 23.9. The number of benzene rings is 1. The van der Waals surface area contributed by atoms with Gasteiger partial charge >= 0.3 is 0 Å². The summed E-state index contributed by atoms with van der Waals surface area (Å²) in [4.78, 5) is 13.7. The Labute approximate surface area is 178 Å². The topological polar surface area (TPSA) is 41.6 Å². The highest BCUT2D eigenvalue weighted by atomic mass is 32.2. The zero-order chi connectivity index (χ0) is 20.9. The van der Waals surface area contributed by atoms with E-state index in [0.717, 1.165) is 50.1 Å². The monoisotopic (exact) mass is 420 g/mol. The van der Waals surface area contributed by atoms with Crippen LogP contribution in [0.4, 0.5) is 4.39 Å². The summed E-state index contributed by atoms with van der Waals surface area (Å²) in [6.45, 7) is 7.64. The lowest BCUT2D eigenvalue weighted by Gasteiger charge is -2.35. The molecule has 1 N–H and O–H groups in total. The number of piperidine rings is 1. The molecule has 1 amide bonds. The van der Waals surface area contributed by atoms with Gasteiger partial charge in [0, 0.05) is 24.0 Å². The Morgan fingerprint density at radius 1 is 1.24 bits per heavy atom. The minimum Gasteiger partial charge on any atom is -0.358 e. The van der Waals surface area contributed by atoms with E-state index in [9.17, 15) is 9.18 Å². The summed E-state index contributed by atoms with van der Waals surface area (Å²) in [5.74, 6) is 0.388. The quantitative estimate of drug-likeness (QED) is 0.500. The van der Waals surface area contributed by atoms with Crippen molar-refractivity contribution in [3.8, 4) is 0 Å². The Bertz CT molecular complexity index is 717. The second-order valence-electron chi connectivity index (χ2n) is 8.52. The van der Waals surface area contributed by atoms with Crippen molar-refractivity contribution in [3.05, 3.63) is 42.2 Å². The zero-order valence-electron chi connectivity index (χ0n) is 17.7. The Kier molecular flexibility index (Phi) is 7.77.